The molecule has 5 N–H and O–H groups in total. The maximum atomic E-state index is 12.3. The molecule has 1 fully saturated rings. The molecule has 1 aromatic heterocycles. The molecule has 0 aliphatic carbocycles. The largest absolute Gasteiger partial charge is 0.358 e. The van der Waals surface area contributed by atoms with E-state index in [1.54, 1.807) is 0 Å². The molecule has 0 radical (unpaired) electrons. The Hall–Kier alpha value is -2.34. The number of nitrogens with two attached hydrogens (primary N) is 1. The van der Waals surface area contributed by atoms with Crippen molar-refractivity contribution < 1.29 is 9.59 Å². The van der Waals surface area contributed by atoms with E-state index in [9.17, 15) is 9.59 Å². The summed E-state index contributed by atoms with van der Waals surface area (Å²) < 4.78 is 0. The molecule has 1 aromatic carbocycles. The van der Waals surface area contributed by atoms with Crippen LogP contribution in [0.1, 0.15) is 17.7 Å². The molecule has 3 amide bonds. The van der Waals surface area contributed by atoms with Crippen molar-refractivity contribution in [2.24, 2.45) is 5.73 Å². The lowest BCUT2D eigenvalue weighted by atomic mass is 9.84. The summed E-state index contributed by atoms with van der Waals surface area (Å²) in [6.07, 6.45) is 0.354. The molecule has 1 unspecified atom stereocenters. The van der Waals surface area contributed by atoms with Crippen molar-refractivity contribution in [1.82, 2.24) is 15.6 Å². The molecule has 2 aromatic rings. The zero-order valence-electron chi connectivity index (χ0n) is 11.1. The Bertz CT molecular complexity index is 706. The van der Waals surface area contributed by atoms with Crippen molar-refractivity contribution in [1.29, 1.82) is 0 Å². The number of carbonyl (C=O) groups is 2. The number of rotatable bonds is 3. The number of H-pyrrole nitrogens is 1. The van der Waals surface area contributed by atoms with Crippen LogP contribution in [0.5, 0.6) is 0 Å². The number of amides is 3. The number of hydrogen-bond donors (Lipinski definition) is 4. The topological polar surface area (TPSA) is 100 Å². The number of nitrogens with one attached hydrogen (secondary N) is 3. The lowest BCUT2D eigenvalue weighted by Gasteiger charge is -2.26. The van der Waals surface area contributed by atoms with Crippen LogP contribution in [0.2, 0.25) is 0 Å². The van der Waals surface area contributed by atoms with Crippen molar-refractivity contribution in [2.75, 3.05) is 6.54 Å². The molecule has 1 atom stereocenters. The highest BCUT2D eigenvalue weighted by molar-refractivity contribution is 6.09. The molecule has 104 valence electrons. The molecule has 3 rings (SSSR count). The van der Waals surface area contributed by atoms with E-state index in [1.165, 1.54) is 0 Å². The predicted octanol–water partition coefficient (Wildman–Crippen LogP) is 0.860. The van der Waals surface area contributed by atoms with Gasteiger partial charge >= 0.3 is 6.03 Å². The number of aromatic nitrogens is 1. The van der Waals surface area contributed by atoms with Gasteiger partial charge in [-0.1, -0.05) is 18.2 Å². The Labute approximate surface area is 115 Å². The third-order valence-electron chi connectivity index (χ3n) is 3.78. The summed E-state index contributed by atoms with van der Waals surface area (Å²) in [4.78, 5) is 27.2. The van der Waals surface area contributed by atoms with E-state index < -0.39 is 11.6 Å². The number of urea groups is 1. The minimum atomic E-state index is -1.09. The number of benzene rings is 1. The third kappa shape index (κ3) is 1.61. The molecule has 6 heteroatoms. The second-order valence-electron chi connectivity index (χ2n) is 5.02. The number of imide groups is 1. The Balaban J connectivity index is 2.28. The van der Waals surface area contributed by atoms with Crippen LogP contribution in [0.25, 0.3) is 10.9 Å². The number of hydrogen-bond acceptors (Lipinski definition) is 3. The van der Waals surface area contributed by atoms with E-state index in [0.717, 1.165) is 22.2 Å². The van der Waals surface area contributed by atoms with Crippen molar-refractivity contribution in [3.05, 3.63) is 35.5 Å². The van der Waals surface area contributed by atoms with Crippen LogP contribution in [0.15, 0.2) is 24.3 Å². The SMILES string of the molecule is Cc1[nH]c2ccccc2c1C1(CCN)NC(=O)NC1=O. The molecule has 0 saturated carbocycles. The highest BCUT2D eigenvalue weighted by atomic mass is 16.2. The Kier molecular flexibility index (Phi) is 2.76. The quantitative estimate of drug-likeness (QED) is 0.623. The average molecular weight is 272 g/mol. The Morgan fingerprint density at radius 3 is 2.65 bits per heavy atom. The van der Waals surface area contributed by atoms with Crippen molar-refractivity contribution in [3.63, 3.8) is 0 Å². The molecule has 0 spiro atoms. The van der Waals surface area contributed by atoms with Gasteiger partial charge in [-0.25, -0.2) is 4.79 Å². The molecule has 2 heterocycles. The van der Waals surface area contributed by atoms with E-state index >= 15 is 0 Å². The minimum absolute atomic E-state index is 0.298. The van der Waals surface area contributed by atoms with E-state index in [-0.39, 0.29) is 5.91 Å². The second kappa shape index (κ2) is 4.35. The number of aromatic amines is 1. The molecule has 1 aliphatic rings. The zero-order chi connectivity index (χ0) is 14.3. The van der Waals surface area contributed by atoms with Gasteiger partial charge in [-0.15, -0.1) is 0 Å². The van der Waals surface area contributed by atoms with Crippen molar-refractivity contribution >= 4 is 22.8 Å². The first kappa shape index (κ1) is 12.7. The number of para-hydroxylation sites is 1. The van der Waals surface area contributed by atoms with Crippen LogP contribution in [0, 0.1) is 6.92 Å². The van der Waals surface area contributed by atoms with Crippen LogP contribution in [-0.4, -0.2) is 23.5 Å². The van der Waals surface area contributed by atoms with Gasteiger partial charge in [0, 0.05) is 22.2 Å². The van der Waals surface area contributed by atoms with Crippen LogP contribution in [0.3, 0.4) is 0 Å². The van der Waals surface area contributed by atoms with E-state index in [0.29, 0.717) is 13.0 Å². The summed E-state index contributed by atoms with van der Waals surface area (Å²) in [7, 11) is 0. The molecular formula is C14H16N4O2. The van der Waals surface area contributed by atoms with Gasteiger partial charge in [0.25, 0.3) is 5.91 Å². The van der Waals surface area contributed by atoms with Gasteiger partial charge in [-0.3, -0.25) is 10.1 Å². The summed E-state index contributed by atoms with van der Waals surface area (Å²) >= 11 is 0. The molecule has 0 bridgehead atoms. The first-order valence-electron chi connectivity index (χ1n) is 6.50. The molecule has 20 heavy (non-hydrogen) atoms. The summed E-state index contributed by atoms with van der Waals surface area (Å²) in [5, 5.41) is 5.99. The van der Waals surface area contributed by atoms with Crippen LogP contribution in [0.4, 0.5) is 4.79 Å². The van der Waals surface area contributed by atoms with Crippen LogP contribution < -0.4 is 16.4 Å². The Morgan fingerprint density at radius 2 is 2.00 bits per heavy atom. The first-order chi connectivity index (χ1) is 9.58. The monoisotopic (exact) mass is 272 g/mol. The van der Waals surface area contributed by atoms with Crippen molar-refractivity contribution in [2.45, 2.75) is 18.9 Å². The maximum Gasteiger partial charge on any atom is 0.322 e. The smallest absolute Gasteiger partial charge is 0.322 e. The van der Waals surface area contributed by atoms with E-state index in [1.807, 2.05) is 31.2 Å². The highest BCUT2D eigenvalue weighted by Gasteiger charge is 2.49. The number of aryl methyl sites for hydroxylation is 1. The van der Waals surface area contributed by atoms with Crippen molar-refractivity contribution in [3.8, 4) is 0 Å². The fraction of sp³-hybridized carbons (Fsp3) is 0.286. The van der Waals surface area contributed by atoms with E-state index in [4.69, 9.17) is 5.73 Å². The maximum absolute atomic E-state index is 12.3. The normalized spacial score (nSPS) is 22.1. The molecule has 1 saturated heterocycles. The standard InChI is InChI=1S/C14H16N4O2/c1-8-11(9-4-2-3-5-10(9)16-8)14(6-7-15)12(19)17-13(20)18-14/h2-5,16H,6-7,15H2,1H3,(H2,17,18,19,20). The van der Waals surface area contributed by atoms with E-state index in [2.05, 4.69) is 15.6 Å². The van der Waals surface area contributed by atoms with Gasteiger partial charge in [-0.05, 0) is 26.0 Å². The first-order valence-corrected chi connectivity index (χ1v) is 6.50. The summed E-state index contributed by atoms with van der Waals surface area (Å²) in [5.41, 5.74) is 7.16. The van der Waals surface area contributed by atoms with Gasteiger partial charge in [-0.2, -0.15) is 0 Å². The Morgan fingerprint density at radius 1 is 1.25 bits per heavy atom. The summed E-state index contributed by atoms with van der Waals surface area (Å²) in [6.45, 7) is 2.19. The van der Waals surface area contributed by atoms with Gasteiger partial charge in [0.2, 0.25) is 0 Å². The predicted molar refractivity (Wildman–Crippen MR) is 75.1 cm³/mol. The number of fused-ring (bicyclic) bond motifs is 1. The summed E-state index contributed by atoms with van der Waals surface area (Å²) in [5.74, 6) is -0.346. The van der Waals surface area contributed by atoms with Crippen LogP contribution >= 0.6 is 0 Å². The lowest BCUT2D eigenvalue weighted by molar-refractivity contribution is -0.124. The van der Waals surface area contributed by atoms with Gasteiger partial charge in [0.05, 0.1) is 0 Å². The second-order valence-corrected chi connectivity index (χ2v) is 5.02. The highest BCUT2D eigenvalue weighted by Crippen LogP contribution is 2.36. The lowest BCUT2D eigenvalue weighted by Crippen LogP contribution is -2.45. The molecular weight excluding hydrogens is 256 g/mol. The third-order valence-corrected chi connectivity index (χ3v) is 3.78. The zero-order valence-corrected chi connectivity index (χ0v) is 11.1. The summed E-state index contributed by atoms with van der Waals surface area (Å²) in [6, 6.07) is 7.23. The molecule has 1 aliphatic heterocycles. The fourth-order valence-electron chi connectivity index (χ4n) is 3.01. The average Bonchev–Trinajstić information content (AvgIpc) is 2.87. The van der Waals surface area contributed by atoms with Gasteiger partial charge in [0.15, 0.2) is 0 Å². The number of carbonyl (C=O) groups excluding carboxylic acids is 2. The fourth-order valence-corrected chi connectivity index (χ4v) is 3.01. The molecule has 6 nitrogen and oxygen atoms in total. The van der Waals surface area contributed by atoms with Gasteiger partial charge in [0.1, 0.15) is 5.54 Å². The van der Waals surface area contributed by atoms with Crippen LogP contribution in [-0.2, 0) is 10.3 Å². The minimum Gasteiger partial charge on any atom is -0.358 e. The van der Waals surface area contributed by atoms with Gasteiger partial charge < -0.3 is 16.0 Å².